The molecule has 1 aromatic rings. The quantitative estimate of drug-likeness (QED) is 0.828. The van der Waals surface area contributed by atoms with Gasteiger partial charge in [-0.05, 0) is 30.9 Å². The maximum atomic E-state index is 10.7. The summed E-state index contributed by atoms with van der Waals surface area (Å²) in [5, 5.41) is 8.75. The number of piperidine rings is 1. The molecule has 16 heavy (non-hydrogen) atoms. The smallest absolute Gasteiger partial charge is 0.354 e. The van der Waals surface area contributed by atoms with Gasteiger partial charge in [-0.15, -0.1) is 0 Å². The van der Waals surface area contributed by atoms with Crippen LogP contribution in [0.15, 0.2) is 18.3 Å². The van der Waals surface area contributed by atoms with Crippen LogP contribution >= 0.6 is 0 Å². The summed E-state index contributed by atoms with van der Waals surface area (Å²) < 4.78 is 0. The molecule has 4 nitrogen and oxygen atoms in total. The van der Waals surface area contributed by atoms with Gasteiger partial charge < -0.3 is 10.0 Å². The Morgan fingerprint density at radius 3 is 2.94 bits per heavy atom. The molecule has 0 bridgehead atoms. The van der Waals surface area contributed by atoms with Gasteiger partial charge in [0.2, 0.25) is 0 Å². The van der Waals surface area contributed by atoms with Gasteiger partial charge in [-0.25, -0.2) is 9.78 Å². The van der Waals surface area contributed by atoms with Crippen molar-refractivity contribution in [2.24, 2.45) is 5.92 Å². The molecule has 1 N–H and O–H groups in total. The molecule has 4 heteroatoms. The van der Waals surface area contributed by atoms with Crippen molar-refractivity contribution >= 4 is 11.7 Å². The Hall–Kier alpha value is -1.58. The first-order valence-corrected chi connectivity index (χ1v) is 5.61. The van der Waals surface area contributed by atoms with E-state index in [9.17, 15) is 4.79 Å². The van der Waals surface area contributed by atoms with Gasteiger partial charge in [0.1, 0.15) is 5.69 Å². The van der Waals surface area contributed by atoms with Crippen molar-refractivity contribution in [3.05, 3.63) is 24.0 Å². The fraction of sp³-hybridized carbons (Fsp3) is 0.500. The van der Waals surface area contributed by atoms with E-state index in [4.69, 9.17) is 5.11 Å². The van der Waals surface area contributed by atoms with Crippen LogP contribution in [0.5, 0.6) is 0 Å². The normalized spacial score (nSPS) is 20.8. The van der Waals surface area contributed by atoms with Crippen LogP contribution < -0.4 is 4.90 Å². The third kappa shape index (κ3) is 2.32. The second-order valence-corrected chi connectivity index (χ2v) is 4.40. The third-order valence-corrected chi connectivity index (χ3v) is 2.99. The average Bonchev–Trinajstić information content (AvgIpc) is 2.29. The predicted octanol–water partition coefficient (Wildman–Crippen LogP) is 2.02. The summed E-state index contributed by atoms with van der Waals surface area (Å²) >= 11 is 0. The number of anilines is 1. The van der Waals surface area contributed by atoms with E-state index in [0.717, 1.165) is 18.8 Å². The van der Waals surface area contributed by atoms with Gasteiger partial charge in [0.25, 0.3) is 0 Å². The van der Waals surface area contributed by atoms with Gasteiger partial charge in [-0.2, -0.15) is 0 Å². The van der Waals surface area contributed by atoms with Crippen LogP contribution in [-0.2, 0) is 0 Å². The first kappa shape index (κ1) is 10.9. The number of carbonyl (C=O) groups is 1. The predicted molar refractivity (Wildman–Crippen MR) is 61.8 cm³/mol. The lowest BCUT2D eigenvalue weighted by molar-refractivity contribution is 0.0690. The number of rotatable bonds is 2. The highest BCUT2D eigenvalue weighted by molar-refractivity contribution is 5.85. The number of aromatic nitrogens is 1. The summed E-state index contributed by atoms with van der Waals surface area (Å²) in [4.78, 5) is 16.9. The highest BCUT2D eigenvalue weighted by Gasteiger charge is 2.17. The molecular formula is C12H16N2O2. The topological polar surface area (TPSA) is 53.4 Å². The van der Waals surface area contributed by atoms with Crippen molar-refractivity contribution in [2.45, 2.75) is 19.8 Å². The molecule has 1 aromatic heterocycles. The van der Waals surface area contributed by atoms with Crippen LogP contribution in [-0.4, -0.2) is 29.1 Å². The van der Waals surface area contributed by atoms with Crippen LogP contribution in [0.3, 0.4) is 0 Å². The van der Waals surface area contributed by atoms with Gasteiger partial charge in [0.05, 0.1) is 11.9 Å². The maximum Gasteiger partial charge on any atom is 0.354 e. The molecule has 0 aromatic carbocycles. The van der Waals surface area contributed by atoms with Gasteiger partial charge in [0, 0.05) is 13.1 Å². The molecule has 2 rings (SSSR count). The second kappa shape index (κ2) is 4.51. The van der Waals surface area contributed by atoms with Gasteiger partial charge in [0.15, 0.2) is 0 Å². The number of nitrogens with zero attached hydrogens (tertiary/aromatic N) is 2. The maximum absolute atomic E-state index is 10.7. The lowest BCUT2D eigenvalue weighted by atomic mass is 10.00. The molecule has 0 amide bonds. The Labute approximate surface area is 94.9 Å². The molecule has 1 atom stereocenters. The number of aromatic carboxylic acids is 1. The van der Waals surface area contributed by atoms with Gasteiger partial charge >= 0.3 is 5.97 Å². The van der Waals surface area contributed by atoms with E-state index in [0.29, 0.717) is 5.92 Å². The number of hydrogen-bond acceptors (Lipinski definition) is 3. The van der Waals surface area contributed by atoms with Crippen molar-refractivity contribution in [3.8, 4) is 0 Å². The van der Waals surface area contributed by atoms with Crippen molar-refractivity contribution < 1.29 is 9.90 Å². The van der Waals surface area contributed by atoms with Crippen molar-refractivity contribution in [1.29, 1.82) is 0 Å². The Kier molecular flexibility index (Phi) is 3.08. The zero-order valence-electron chi connectivity index (χ0n) is 9.39. The summed E-state index contributed by atoms with van der Waals surface area (Å²) in [6.45, 7) is 4.32. The van der Waals surface area contributed by atoms with Crippen molar-refractivity contribution in [1.82, 2.24) is 4.98 Å². The molecule has 1 fully saturated rings. The zero-order chi connectivity index (χ0) is 11.5. The van der Waals surface area contributed by atoms with Crippen molar-refractivity contribution in [3.63, 3.8) is 0 Å². The number of hydrogen-bond donors (Lipinski definition) is 1. The first-order valence-electron chi connectivity index (χ1n) is 5.61. The molecule has 1 unspecified atom stereocenters. The van der Waals surface area contributed by atoms with Crippen molar-refractivity contribution in [2.75, 3.05) is 18.0 Å². The lowest BCUT2D eigenvalue weighted by Crippen LogP contribution is -2.34. The molecular weight excluding hydrogens is 204 g/mol. The molecule has 0 aliphatic carbocycles. The van der Waals surface area contributed by atoms with E-state index in [-0.39, 0.29) is 5.69 Å². The summed E-state index contributed by atoms with van der Waals surface area (Å²) in [5.74, 6) is -0.272. The van der Waals surface area contributed by atoms with E-state index < -0.39 is 5.97 Å². The zero-order valence-corrected chi connectivity index (χ0v) is 9.39. The second-order valence-electron chi connectivity index (χ2n) is 4.40. The SMILES string of the molecule is CC1CCCN(c2ccc(C(=O)O)nc2)C1. The van der Waals surface area contributed by atoms with E-state index in [1.54, 1.807) is 12.3 Å². The largest absolute Gasteiger partial charge is 0.477 e. The summed E-state index contributed by atoms with van der Waals surface area (Å²) in [6, 6.07) is 3.41. The molecule has 86 valence electrons. The summed E-state index contributed by atoms with van der Waals surface area (Å²) in [6.07, 6.45) is 4.13. The fourth-order valence-electron chi connectivity index (χ4n) is 2.12. The van der Waals surface area contributed by atoms with E-state index in [2.05, 4.69) is 16.8 Å². The van der Waals surface area contributed by atoms with Gasteiger partial charge in [-0.1, -0.05) is 6.92 Å². The Bertz CT molecular complexity index is 375. The van der Waals surface area contributed by atoms with Crippen LogP contribution in [0.25, 0.3) is 0 Å². The highest BCUT2D eigenvalue weighted by atomic mass is 16.4. The first-order chi connectivity index (χ1) is 7.66. The summed E-state index contributed by atoms with van der Waals surface area (Å²) in [7, 11) is 0. The number of carboxylic acids is 1. The van der Waals surface area contributed by atoms with Crippen LogP contribution in [0.4, 0.5) is 5.69 Å². The van der Waals surface area contributed by atoms with Crippen LogP contribution in [0.2, 0.25) is 0 Å². The van der Waals surface area contributed by atoms with Gasteiger partial charge in [-0.3, -0.25) is 0 Å². The van der Waals surface area contributed by atoms with E-state index >= 15 is 0 Å². The standard InChI is InChI=1S/C12H16N2O2/c1-9-3-2-6-14(8-9)10-4-5-11(12(15)16)13-7-10/h4-5,7,9H,2-3,6,8H2,1H3,(H,15,16). The Morgan fingerprint density at radius 1 is 1.56 bits per heavy atom. The molecule has 1 aliphatic heterocycles. The average molecular weight is 220 g/mol. The Balaban J connectivity index is 2.11. The minimum Gasteiger partial charge on any atom is -0.477 e. The minimum absolute atomic E-state index is 0.105. The molecule has 0 spiro atoms. The van der Waals surface area contributed by atoms with Crippen LogP contribution in [0.1, 0.15) is 30.3 Å². The number of pyridine rings is 1. The van der Waals surface area contributed by atoms with Crippen LogP contribution in [0, 0.1) is 5.92 Å². The summed E-state index contributed by atoms with van der Waals surface area (Å²) in [5.41, 5.74) is 1.13. The lowest BCUT2D eigenvalue weighted by Gasteiger charge is -2.32. The molecule has 1 aliphatic rings. The molecule has 0 radical (unpaired) electrons. The highest BCUT2D eigenvalue weighted by Crippen LogP contribution is 2.22. The molecule has 0 saturated carbocycles. The minimum atomic E-state index is -0.974. The monoisotopic (exact) mass is 220 g/mol. The molecule has 2 heterocycles. The Morgan fingerprint density at radius 2 is 2.38 bits per heavy atom. The third-order valence-electron chi connectivity index (χ3n) is 2.99. The van der Waals surface area contributed by atoms with E-state index in [1.807, 2.05) is 6.07 Å². The number of carboxylic acid groups (broad SMARTS) is 1. The van der Waals surface area contributed by atoms with E-state index in [1.165, 1.54) is 12.8 Å². The fourth-order valence-corrected chi connectivity index (χ4v) is 2.12. The molecule has 1 saturated heterocycles.